The number of hydrogen-bond acceptors (Lipinski definition) is 4. The number of hydrogen-bond donors (Lipinski definition) is 2. The number of rotatable bonds is 6. The van der Waals surface area contributed by atoms with Crippen LogP contribution in [0.3, 0.4) is 0 Å². The maximum atomic E-state index is 12.4. The zero-order chi connectivity index (χ0) is 19.2. The summed E-state index contributed by atoms with van der Waals surface area (Å²) in [6, 6.07) is 0.238. The van der Waals surface area contributed by atoms with Crippen LogP contribution in [0.1, 0.15) is 25.7 Å². The van der Waals surface area contributed by atoms with Gasteiger partial charge in [0.05, 0.1) is 12.8 Å². The van der Waals surface area contributed by atoms with E-state index in [1.165, 1.54) is 10.6 Å². The summed E-state index contributed by atoms with van der Waals surface area (Å²) in [7, 11) is -1.37. The van der Waals surface area contributed by atoms with E-state index in [0.29, 0.717) is 32.1 Å². The average Bonchev–Trinajstić information content (AvgIpc) is 2.59. The number of likely N-dealkylation sites (tertiary alicyclic amines) is 1. The van der Waals surface area contributed by atoms with E-state index in [9.17, 15) is 17.2 Å². The normalized spacial score (nSPS) is 21.9. The molecule has 0 aliphatic carbocycles. The van der Waals surface area contributed by atoms with Crippen LogP contribution in [0, 0.1) is 5.92 Å². The second-order valence-corrected chi connectivity index (χ2v) is 9.15. The van der Waals surface area contributed by atoms with Gasteiger partial charge in [0.25, 0.3) is 6.43 Å². The standard InChI is InChI=1S/C16H31F2N5O2S.HI/c1-19-16(21-14-5-7-22(8-6-14)12-15(17)18)20-11-13-3-9-23(10-4-13)26(2,24)25;/h13-15H,3-12H2,1-2H3,(H2,19,20,21);1H. The highest BCUT2D eigenvalue weighted by atomic mass is 127. The molecule has 2 fully saturated rings. The predicted octanol–water partition coefficient (Wildman–Crippen LogP) is 1.17. The molecule has 0 aromatic heterocycles. The molecule has 2 heterocycles. The minimum absolute atomic E-state index is 0. The maximum Gasteiger partial charge on any atom is 0.251 e. The van der Waals surface area contributed by atoms with Crippen molar-refractivity contribution in [1.29, 1.82) is 0 Å². The van der Waals surface area contributed by atoms with Gasteiger partial charge in [-0.25, -0.2) is 21.5 Å². The maximum absolute atomic E-state index is 12.4. The molecule has 0 unspecified atom stereocenters. The Bertz CT molecular complexity index is 563. The fraction of sp³-hybridized carbons (Fsp3) is 0.938. The van der Waals surface area contributed by atoms with Gasteiger partial charge in [0.2, 0.25) is 10.0 Å². The second kappa shape index (κ2) is 11.7. The molecule has 0 spiro atoms. The third-order valence-electron chi connectivity index (χ3n) is 5.15. The van der Waals surface area contributed by atoms with Crippen LogP contribution in [0.25, 0.3) is 0 Å². The van der Waals surface area contributed by atoms with Gasteiger partial charge < -0.3 is 10.6 Å². The molecule has 2 rings (SSSR count). The molecular weight excluding hydrogens is 491 g/mol. The Balaban J connectivity index is 0.00000364. The first kappa shape index (κ1) is 24.8. The zero-order valence-corrected chi connectivity index (χ0v) is 19.2. The Morgan fingerprint density at radius 3 is 2.22 bits per heavy atom. The van der Waals surface area contributed by atoms with E-state index in [1.807, 2.05) is 0 Å². The van der Waals surface area contributed by atoms with Gasteiger partial charge in [-0.3, -0.25) is 9.89 Å². The van der Waals surface area contributed by atoms with Gasteiger partial charge in [0.1, 0.15) is 0 Å². The molecule has 27 heavy (non-hydrogen) atoms. The summed E-state index contributed by atoms with van der Waals surface area (Å²) in [4.78, 5) is 6.04. The zero-order valence-electron chi connectivity index (χ0n) is 16.0. The molecule has 0 aromatic rings. The lowest BCUT2D eigenvalue weighted by Gasteiger charge is -2.33. The molecule has 2 N–H and O–H groups in total. The summed E-state index contributed by atoms with van der Waals surface area (Å²) < 4.78 is 49.5. The molecule has 2 aliphatic heterocycles. The van der Waals surface area contributed by atoms with Crippen molar-refractivity contribution >= 4 is 40.0 Å². The van der Waals surface area contributed by atoms with E-state index < -0.39 is 16.4 Å². The Kier molecular flexibility index (Phi) is 10.7. The van der Waals surface area contributed by atoms with Crippen molar-refractivity contribution in [3.8, 4) is 0 Å². The summed E-state index contributed by atoms with van der Waals surface area (Å²) >= 11 is 0. The van der Waals surface area contributed by atoms with Crippen LogP contribution in [-0.4, -0.2) is 88.6 Å². The first-order valence-corrected chi connectivity index (χ1v) is 11.1. The van der Waals surface area contributed by atoms with Gasteiger partial charge in [-0.05, 0) is 31.6 Å². The van der Waals surface area contributed by atoms with Crippen molar-refractivity contribution < 1.29 is 17.2 Å². The molecule has 0 amide bonds. The lowest BCUT2D eigenvalue weighted by atomic mass is 9.98. The molecular formula is C16H32F2IN5O2S. The van der Waals surface area contributed by atoms with Crippen LogP contribution >= 0.6 is 24.0 Å². The van der Waals surface area contributed by atoms with Crippen LogP contribution in [0.4, 0.5) is 8.78 Å². The fourth-order valence-corrected chi connectivity index (χ4v) is 4.40. The number of guanidine groups is 1. The Morgan fingerprint density at radius 2 is 1.74 bits per heavy atom. The topological polar surface area (TPSA) is 77.0 Å². The van der Waals surface area contributed by atoms with Crippen molar-refractivity contribution in [3.05, 3.63) is 0 Å². The van der Waals surface area contributed by atoms with Crippen molar-refractivity contribution in [2.45, 2.75) is 38.2 Å². The Hall–Kier alpha value is -0.270. The van der Waals surface area contributed by atoms with Crippen LogP contribution in [0.2, 0.25) is 0 Å². The van der Waals surface area contributed by atoms with Gasteiger partial charge in [-0.2, -0.15) is 0 Å². The SMILES string of the molecule is CN=C(NCC1CCN(S(C)(=O)=O)CC1)NC1CCN(CC(F)F)CC1.I. The number of piperidine rings is 2. The number of aliphatic imine (C=N–C) groups is 1. The fourth-order valence-electron chi connectivity index (χ4n) is 3.53. The van der Waals surface area contributed by atoms with Crippen molar-refractivity contribution in [2.24, 2.45) is 10.9 Å². The molecule has 0 aromatic carbocycles. The lowest BCUT2D eigenvalue weighted by molar-refractivity contribution is 0.0744. The minimum Gasteiger partial charge on any atom is -0.356 e. The highest BCUT2D eigenvalue weighted by Gasteiger charge is 2.25. The van der Waals surface area contributed by atoms with E-state index in [0.717, 1.165) is 38.2 Å². The highest BCUT2D eigenvalue weighted by molar-refractivity contribution is 14.0. The van der Waals surface area contributed by atoms with Gasteiger partial charge in [-0.1, -0.05) is 0 Å². The van der Waals surface area contributed by atoms with E-state index >= 15 is 0 Å². The van der Waals surface area contributed by atoms with Gasteiger partial charge in [0.15, 0.2) is 5.96 Å². The summed E-state index contributed by atoms with van der Waals surface area (Å²) in [6.45, 7) is 3.08. The van der Waals surface area contributed by atoms with Crippen molar-refractivity contribution in [2.75, 3.05) is 52.6 Å². The Morgan fingerprint density at radius 1 is 1.15 bits per heavy atom. The van der Waals surface area contributed by atoms with E-state index in [4.69, 9.17) is 0 Å². The molecule has 2 aliphatic rings. The van der Waals surface area contributed by atoms with Crippen molar-refractivity contribution in [1.82, 2.24) is 19.8 Å². The number of nitrogens with one attached hydrogen (secondary N) is 2. The number of alkyl halides is 2. The molecule has 0 atom stereocenters. The number of sulfonamides is 1. The summed E-state index contributed by atoms with van der Waals surface area (Å²) in [5.74, 6) is 1.14. The average molecular weight is 523 g/mol. The number of nitrogens with zero attached hydrogens (tertiary/aromatic N) is 3. The lowest BCUT2D eigenvalue weighted by Crippen LogP contribution is -2.50. The molecule has 0 bridgehead atoms. The van der Waals surface area contributed by atoms with Crippen LogP contribution in [-0.2, 0) is 10.0 Å². The molecule has 2 saturated heterocycles. The highest BCUT2D eigenvalue weighted by Crippen LogP contribution is 2.18. The molecule has 160 valence electrons. The second-order valence-electron chi connectivity index (χ2n) is 7.17. The first-order valence-electron chi connectivity index (χ1n) is 9.20. The summed E-state index contributed by atoms with van der Waals surface area (Å²) in [5, 5.41) is 6.69. The van der Waals surface area contributed by atoms with Crippen LogP contribution in [0.15, 0.2) is 4.99 Å². The largest absolute Gasteiger partial charge is 0.356 e. The Labute approximate surface area is 178 Å². The molecule has 0 saturated carbocycles. The van der Waals surface area contributed by atoms with Gasteiger partial charge in [0, 0.05) is 45.8 Å². The predicted molar refractivity (Wildman–Crippen MR) is 115 cm³/mol. The monoisotopic (exact) mass is 523 g/mol. The molecule has 7 nitrogen and oxygen atoms in total. The van der Waals surface area contributed by atoms with Crippen molar-refractivity contribution in [3.63, 3.8) is 0 Å². The van der Waals surface area contributed by atoms with Crippen LogP contribution in [0.5, 0.6) is 0 Å². The smallest absolute Gasteiger partial charge is 0.251 e. The molecule has 0 radical (unpaired) electrons. The summed E-state index contributed by atoms with van der Waals surface area (Å²) in [6.07, 6.45) is 2.29. The minimum atomic E-state index is -3.09. The third-order valence-corrected chi connectivity index (χ3v) is 6.45. The van der Waals surface area contributed by atoms with E-state index in [2.05, 4.69) is 15.6 Å². The van der Waals surface area contributed by atoms with Crippen LogP contribution < -0.4 is 10.6 Å². The van der Waals surface area contributed by atoms with Gasteiger partial charge in [-0.15, -0.1) is 24.0 Å². The third kappa shape index (κ3) is 8.73. The summed E-state index contributed by atoms with van der Waals surface area (Å²) in [5.41, 5.74) is 0. The first-order chi connectivity index (χ1) is 12.3. The van der Waals surface area contributed by atoms with E-state index in [-0.39, 0.29) is 36.6 Å². The molecule has 11 heteroatoms. The van der Waals surface area contributed by atoms with Gasteiger partial charge >= 0.3 is 0 Å². The van der Waals surface area contributed by atoms with E-state index in [1.54, 1.807) is 11.9 Å². The quantitative estimate of drug-likeness (QED) is 0.311. The number of halogens is 3.